The highest BCUT2D eigenvalue weighted by Gasteiger charge is 2.66. The molecule has 6 aliphatic carbocycles. The van der Waals surface area contributed by atoms with Crippen molar-refractivity contribution in [2.75, 3.05) is 13.2 Å². The highest BCUT2D eigenvalue weighted by atomic mass is 16.5. The minimum atomic E-state index is -0.266. The molecule has 0 radical (unpaired) electrons. The average molecular weight is 439 g/mol. The molecule has 32 heavy (non-hydrogen) atoms. The average Bonchev–Trinajstić information content (AvgIpc) is 3.30. The zero-order chi connectivity index (χ0) is 22.6. The highest BCUT2D eigenvalue weighted by molar-refractivity contribution is 5.84. The van der Waals surface area contributed by atoms with Gasteiger partial charge in [0.1, 0.15) is 0 Å². The van der Waals surface area contributed by atoms with Crippen molar-refractivity contribution >= 4 is 5.91 Å². The van der Waals surface area contributed by atoms with Crippen molar-refractivity contribution in [3.8, 4) is 0 Å². The van der Waals surface area contributed by atoms with E-state index in [1.165, 1.54) is 24.8 Å². The molecule has 0 saturated heterocycles. The molecule has 0 heterocycles. The molecule has 0 aromatic heterocycles. The Hall–Kier alpha value is -1.39. The molecule has 3 N–H and O–H groups in total. The van der Waals surface area contributed by atoms with E-state index in [0.717, 1.165) is 51.7 Å². The Morgan fingerprint density at radius 2 is 1.88 bits per heavy atom. The van der Waals surface area contributed by atoms with Gasteiger partial charge in [-0.1, -0.05) is 30.9 Å². The van der Waals surface area contributed by atoms with Crippen molar-refractivity contribution in [2.24, 2.45) is 39.7 Å². The third-order valence-corrected chi connectivity index (χ3v) is 9.79. The molecular weight excluding hydrogens is 396 g/mol. The Balaban J connectivity index is 1.41. The Labute approximate surface area is 194 Å². The molecule has 0 spiro atoms. The van der Waals surface area contributed by atoms with Gasteiger partial charge in [0.25, 0.3) is 0 Å². The van der Waals surface area contributed by atoms with E-state index in [1.807, 2.05) is 6.92 Å². The predicted octanol–water partition coefficient (Wildman–Crippen LogP) is 4.91. The molecule has 4 nitrogen and oxygen atoms in total. The summed E-state index contributed by atoms with van der Waals surface area (Å²) in [5.41, 5.74) is 7.36. The minimum Gasteiger partial charge on any atom is -0.381 e. The maximum Gasteiger partial charge on any atom is 0.226 e. The Morgan fingerprint density at radius 3 is 2.56 bits per heavy atom. The summed E-state index contributed by atoms with van der Waals surface area (Å²) in [7, 11) is 0. The molecule has 6 fully saturated rings. The number of hydrogen-bond acceptors (Lipinski definition) is 3. The summed E-state index contributed by atoms with van der Waals surface area (Å²) >= 11 is 0. The molecule has 6 bridgehead atoms. The van der Waals surface area contributed by atoms with Gasteiger partial charge in [0.2, 0.25) is 5.91 Å². The number of amides is 1. The molecule has 6 rings (SSSR count). The van der Waals surface area contributed by atoms with Crippen molar-refractivity contribution < 1.29 is 9.53 Å². The second-order valence-electron chi connectivity index (χ2n) is 12.1. The van der Waals surface area contributed by atoms with E-state index in [4.69, 9.17) is 10.5 Å². The second-order valence-corrected chi connectivity index (χ2v) is 12.1. The van der Waals surface area contributed by atoms with Crippen LogP contribution in [0.5, 0.6) is 0 Å². The lowest BCUT2D eigenvalue weighted by molar-refractivity contribution is -0.180. The van der Waals surface area contributed by atoms with E-state index >= 15 is 0 Å². The van der Waals surface area contributed by atoms with Gasteiger partial charge >= 0.3 is 0 Å². The van der Waals surface area contributed by atoms with E-state index in [1.54, 1.807) is 0 Å². The number of carbonyl (C=O) groups is 1. The SMILES string of the molecule is C=C(/C=C\C=C/C)[C@]12CC3CC(C(=O)N[C@@H]4CC5CC4C[C@H]5N)(C[C@](COCC)(C3)C1)C2. The number of nitrogens with one attached hydrogen (secondary N) is 1. The summed E-state index contributed by atoms with van der Waals surface area (Å²) in [5, 5.41) is 3.58. The number of ether oxygens (including phenoxy) is 1. The van der Waals surface area contributed by atoms with Gasteiger partial charge in [-0.05, 0) is 106 Å². The number of allylic oxidation sites excluding steroid dienone is 5. The van der Waals surface area contributed by atoms with Crippen LogP contribution in [0.15, 0.2) is 36.5 Å². The molecule has 1 amide bonds. The summed E-state index contributed by atoms with van der Waals surface area (Å²) < 4.78 is 6.05. The first-order chi connectivity index (χ1) is 15.3. The summed E-state index contributed by atoms with van der Waals surface area (Å²) in [6.45, 7) is 10.2. The summed E-state index contributed by atoms with van der Waals surface area (Å²) in [4.78, 5) is 14.0. The van der Waals surface area contributed by atoms with Crippen molar-refractivity contribution in [1.82, 2.24) is 5.32 Å². The maximum absolute atomic E-state index is 14.0. The van der Waals surface area contributed by atoms with Crippen LogP contribution < -0.4 is 11.1 Å². The van der Waals surface area contributed by atoms with Crippen LogP contribution in [0.3, 0.4) is 0 Å². The van der Waals surface area contributed by atoms with Crippen LogP contribution in [0.25, 0.3) is 0 Å². The number of nitrogens with two attached hydrogens (primary N) is 1. The summed E-state index contributed by atoms with van der Waals surface area (Å²) in [6, 6.07) is 0.676. The number of hydrogen-bond donors (Lipinski definition) is 2. The van der Waals surface area contributed by atoms with E-state index in [2.05, 4.69) is 43.1 Å². The third-order valence-electron chi connectivity index (χ3n) is 9.79. The highest BCUT2D eigenvalue weighted by Crippen LogP contribution is 2.71. The van der Waals surface area contributed by atoms with E-state index in [0.29, 0.717) is 35.7 Å². The summed E-state index contributed by atoms with van der Waals surface area (Å²) in [6.07, 6.45) is 18.3. The molecule has 0 aromatic carbocycles. The number of fused-ring (bicyclic) bond motifs is 2. The van der Waals surface area contributed by atoms with Gasteiger partial charge in [0.05, 0.1) is 12.0 Å². The standard InChI is InChI=1S/C28H42N2O2/c1-4-6-7-8-19(3)27-13-20-12-26(15-27,18-32-5-2)16-28(14-20,17-27)25(31)30-24-11-21-9-22(24)10-23(21)29/h4,6-8,20-24H,3,5,9-18,29H2,1-2H3,(H,30,31)/b6-4-,8-7-/t20?,21?,22?,23-,24-,26+,27-,28?/m1/s1. The fourth-order valence-electron chi connectivity index (χ4n) is 9.01. The van der Waals surface area contributed by atoms with Crippen molar-refractivity contribution in [3.05, 3.63) is 36.5 Å². The third kappa shape index (κ3) is 3.62. The predicted molar refractivity (Wildman–Crippen MR) is 129 cm³/mol. The first kappa shape index (κ1) is 22.4. The monoisotopic (exact) mass is 438 g/mol. The molecule has 0 aliphatic heterocycles. The molecule has 176 valence electrons. The van der Waals surface area contributed by atoms with Crippen LogP contribution in [0.2, 0.25) is 0 Å². The van der Waals surface area contributed by atoms with Crippen LogP contribution in [0.4, 0.5) is 0 Å². The van der Waals surface area contributed by atoms with Gasteiger partial charge in [-0.15, -0.1) is 0 Å². The maximum atomic E-state index is 14.0. The fraction of sp³-hybridized carbons (Fsp3) is 0.750. The molecule has 6 aliphatic rings. The van der Waals surface area contributed by atoms with Gasteiger partial charge in [-0.2, -0.15) is 0 Å². The minimum absolute atomic E-state index is 0.0307. The largest absolute Gasteiger partial charge is 0.381 e. The van der Waals surface area contributed by atoms with Gasteiger partial charge < -0.3 is 15.8 Å². The Morgan fingerprint density at radius 1 is 1.09 bits per heavy atom. The lowest BCUT2D eigenvalue weighted by atomic mass is 9.38. The van der Waals surface area contributed by atoms with Crippen LogP contribution in [-0.2, 0) is 9.53 Å². The van der Waals surface area contributed by atoms with E-state index < -0.39 is 0 Å². The van der Waals surface area contributed by atoms with Gasteiger partial charge in [0, 0.05) is 18.7 Å². The first-order valence-corrected chi connectivity index (χ1v) is 13.0. The molecule has 6 saturated carbocycles. The van der Waals surface area contributed by atoms with Crippen LogP contribution >= 0.6 is 0 Å². The molecule has 4 unspecified atom stereocenters. The quantitative estimate of drug-likeness (QED) is 0.529. The van der Waals surface area contributed by atoms with Crippen LogP contribution in [0.1, 0.15) is 71.6 Å². The smallest absolute Gasteiger partial charge is 0.226 e. The summed E-state index contributed by atoms with van der Waals surface area (Å²) in [5.74, 6) is 2.10. The number of rotatable bonds is 8. The Kier molecular flexibility index (Phi) is 5.69. The van der Waals surface area contributed by atoms with Gasteiger partial charge in [0.15, 0.2) is 0 Å². The van der Waals surface area contributed by atoms with E-state index in [9.17, 15) is 4.79 Å². The zero-order valence-electron chi connectivity index (χ0n) is 20.1. The lowest BCUT2D eigenvalue weighted by Crippen LogP contribution is -2.63. The van der Waals surface area contributed by atoms with Crippen molar-refractivity contribution in [2.45, 2.75) is 83.7 Å². The lowest BCUT2D eigenvalue weighted by Gasteiger charge is -2.66. The van der Waals surface area contributed by atoms with Crippen LogP contribution in [-0.4, -0.2) is 31.2 Å². The Bertz CT molecular complexity index is 831. The number of carbonyl (C=O) groups excluding carboxylic acids is 1. The zero-order valence-corrected chi connectivity index (χ0v) is 20.1. The molecule has 0 aromatic rings. The van der Waals surface area contributed by atoms with Crippen LogP contribution in [0, 0.1) is 34.0 Å². The molecule has 8 atom stereocenters. The topological polar surface area (TPSA) is 64.4 Å². The first-order valence-electron chi connectivity index (χ1n) is 13.0. The van der Waals surface area contributed by atoms with Gasteiger partial charge in [-0.3, -0.25) is 4.79 Å². The second kappa shape index (κ2) is 8.13. The van der Waals surface area contributed by atoms with Crippen molar-refractivity contribution in [1.29, 1.82) is 0 Å². The molecular formula is C28H42N2O2. The van der Waals surface area contributed by atoms with E-state index in [-0.39, 0.29) is 16.2 Å². The molecule has 4 heteroatoms. The normalized spacial score (nSPS) is 46.5. The van der Waals surface area contributed by atoms with Crippen molar-refractivity contribution in [3.63, 3.8) is 0 Å². The van der Waals surface area contributed by atoms with Gasteiger partial charge in [-0.25, -0.2) is 0 Å². The fourth-order valence-corrected chi connectivity index (χ4v) is 9.01.